The number of nitrogens with zero attached hydrogens (tertiary/aromatic N) is 4. The summed E-state index contributed by atoms with van der Waals surface area (Å²) in [5.41, 5.74) is 3.30. The van der Waals surface area contributed by atoms with E-state index in [9.17, 15) is 9.59 Å². The molecule has 7 nitrogen and oxygen atoms in total. The van der Waals surface area contributed by atoms with Crippen LogP contribution in [0, 0.1) is 6.92 Å². The second-order valence-electron chi connectivity index (χ2n) is 5.76. The van der Waals surface area contributed by atoms with Crippen LogP contribution in [0.2, 0.25) is 0 Å². The van der Waals surface area contributed by atoms with Crippen LogP contribution in [0.4, 0.5) is 5.82 Å². The molecule has 0 fully saturated rings. The zero-order valence-corrected chi connectivity index (χ0v) is 13.5. The highest BCUT2D eigenvalue weighted by Crippen LogP contribution is 2.22. The van der Waals surface area contributed by atoms with Gasteiger partial charge in [0.2, 0.25) is 5.91 Å². The summed E-state index contributed by atoms with van der Waals surface area (Å²) in [5, 5.41) is 7.09. The third-order valence-electron chi connectivity index (χ3n) is 4.07. The number of aromatic nitrogens is 3. The van der Waals surface area contributed by atoms with Crippen LogP contribution in [-0.2, 0) is 24.8 Å². The first-order valence-corrected chi connectivity index (χ1v) is 7.49. The van der Waals surface area contributed by atoms with Crippen molar-refractivity contribution in [2.24, 2.45) is 7.05 Å². The topological polar surface area (TPSA) is 80.1 Å². The van der Waals surface area contributed by atoms with Gasteiger partial charge in [0.15, 0.2) is 0 Å². The van der Waals surface area contributed by atoms with Crippen LogP contribution in [0.3, 0.4) is 0 Å². The maximum Gasteiger partial charge on any atom is 0.258 e. The molecule has 23 heavy (non-hydrogen) atoms. The molecule has 1 aliphatic heterocycles. The lowest BCUT2D eigenvalue weighted by Crippen LogP contribution is -2.35. The average molecular weight is 313 g/mol. The van der Waals surface area contributed by atoms with E-state index in [4.69, 9.17) is 0 Å². The largest absolute Gasteiger partial charge is 0.338 e. The fourth-order valence-electron chi connectivity index (χ4n) is 2.87. The van der Waals surface area contributed by atoms with Crippen molar-refractivity contribution in [2.75, 3.05) is 11.9 Å². The van der Waals surface area contributed by atoms with Crippen molar-refractivity contribution >= 4 is 17.6 Å². The Morgan fingerprint density at radius 2 is 2.09 bits per heavy atom. The normalized spacial score (nSPS) is 13.6. The van der Waals surface area contributed by atoms with Gasteiger partial charge < -0.3 is 10.2 Å². The van der Waals surface area contributed by atoms with Gasteiger partial charge >= 0.3 is 0 Å². The van der Waals surface area contributed by atoms with E-state index in [2.05, 4.69) is 15.4 Å². The fourth-order valence-corrected chi connectivity index (χ4v) is 2.87. The molecular weight excluding hydrogens is 294 g/mol. The van der Waals surface area contributed by atoms with Crippen molar-refractivity contribution in [1.29, 1.82) is 0 Å². The molecule has 3 rings (SSSR count). The number of fused-ring (bicyclic) bond motifs is 1. The maximum atomic E-state index is 12.6. The van der Waals surface area contributed by atoms with Crippen LogP contribution in [-0.4, -0.2) is 38.0 Å². The van der Waals surface area contributed by atoms with Gasteiger partial charge in [0.1, 0.15) is 5.82 Å². The number of carbonyl (C=O) groups excluding carboxylic acids is 2. The first kappa shape index (κ1) is 15.2. The molecule has 0 aromatic carbocycles. The summed E-state index contributed by atoms with van der Waals surface area (Å²) in [6, 6.07) is 1.82. The molecule has 0 saturated heterocycles. The molecule has 0 aliphatic carbocycles. The highest BCUT2D eigenvalue weighted by molar-refractivity contribution is 6.05. The van der Waals surface area contributed by atoms with E-state index in [1.165, 1.54) is 0 Å². The zero-order valence-electron chi connectivity index (χ0n) is 13.5. The first-order valence-electron chi connectivity index (χ1n) is 7.49. The van der Waals surface area contributed by atoms with E-state index in [-0.39, 0.29) is 11.8 Å². The molecule has 0 saturated carbocycles. The summed E-state index contributed by atoms with van der Waals surface area (Å²) >= 11 is 0. The van der Waals surface area contributed by atoms with Crippen LogP contribution in [0.5, 0.6) is 0 Å². The Morgan fingerprint density at radius 1 is 1.30 bits per heavy atom. The Morgan fingerprint density at radius 3 is 2.74 bits per heavy atom. The summed E-state index contributed by atoms with van der Waals surface area (Å²) in [4.78, 5) is 30.0. The number of anilines is 1. The lowest BCUT2D eigenvalue weighted by molar-refractivity contribution is -0.129. The molecule has 120 valence electrons. The van der Waals surface area contributed by atoms with Gasteiger partial charge in [-0.2, -0.15) is 5.10 Å². The van der Waals surface area contributed by atoms with Gasteiger partial charge in [0.25, 0.3) is 5.91 Å². The van der Waals surface area contributed by atoms with Crippen LogP contribution < -0.4 is 5.32 Å². The molecule has 0 bridgehead atoms. The van der Waals surface area contributed by atoms with E-state index >= 15 is 0 Å². The number of nitrogens with one attached hydrogen (secondary N) is 1. The van der Waals surface area contributed by atoms with E-state index in [0.29, 0.717) is 30.9 Å². The molecule has 0 radical (unpaired) electrons. The van der Waals surface area contributed by atoms with Gasteiger partial charge in [-0.15, -0.1) is 0 Å². The van der Waals surface area contributed by atoms with Gasteiger partial charge in [-0.3, -0.25) is 19.3 Å². The number of rotatable bonds is 2. The van der Waals surface area contributed by atoms with Gasteiger partial charge in [0.05, 0.1) is 11.3 Å². The molecule has 1 aliphatic rings. The minimum absolute atomic E-state index is 0.0378. The van der Waals surface area contributed by atoms with E-state index < -0.39 is 0 Å². The number of amides is 2. The lowest BCUT2D eigenvalue weighted by Gasteiger charge is -2.28. The number of hydrogen-bond acceptors (Lipinski definition) is 4. The quantitative estimate of drug-likeness (QED) is 0.905. The number of hydrogen-bond donors (Lipinski definition) is 1. The Kier molecular flexibility index (Phi) is 3.85. The monoisotopic (exact) mass is 313 g/mol. The molecule has 2 amide bonds. The standard InChI is InChI=1S/C16H19N5O2/c1-10-6-15(20(3)19-10)18-16(23)14-8-17-7-12-9-21(11(2)22)5-4-13(12)14/h6-8H,4-5,9H2,1-3H3,(H,18,23). The van der Waals surface area contributed by atoms with E-state index in [1.807, 2.05) is 13.0 Å². The summed E-state index contributed by atoms with van der Waals surface area (Å²) in [5.74, 6) is 0.482. The SMILES string of the molecule is CC(=O)N1CCc2c(cncc2C(=O)Nc2cc(C)nn2C)C1. The smallest absolute Gasteiger partial charge is 0.258 e. The van der Waals surface area contributed by atoms with Crippen molar-refractivity contribution in [1.82, 2.24) is 19.7 Å². The third kappa shape index (κ3) is 2.94. The van der Waals surface area contributed by atoms with Crippen LogP contribution in [0.1, 0.15) is 34.1 Å². The highest BCUT2D eigenvalue weighted by atomic mass is 16.2. The van der Waals surface area contributed by atoms with Crippen molar-refractivity contribution < 1.29 is 9.59 Å². The fraction of sp³-hybridized carbons (Fsp3) is 0.375. The van der Waals surface area contributed by atoms with Crippen molar-refractivity contribution in [2.45, 2.75) is 26.8 Å². The van der Waals surface area contributed by atoms with Crippen molar-refractivity contribution in [3.63, 3.8) is 0 Å². The van der Waals surface area contributed by atoms with Gasteiger partial charge in [-0.25, -0.2) is 0 Å². The first-order chi connectivity index (χ1) is 11.0. The van der Waals surface area contributed by atoms with Crippen LogP contribution in [0.15, 0.2) is 18.5 Å². The molecule has 0 spiro atoms. The molecular formula is C16H19N5O2. The Bertz CT molecular complexity index is 781. The van der Waals surface area contributed by atoms with E-state index in [1.54, 1.807) is 35.9 Å². The number of carbonyl (C=O) groups is 2. The van der Waals surface area contributed by atoms with Crippen molar-refractivity contribution in [3.8, 4) is 0 Å². The van der Waals surface area contributed by atoms with Crippen molar-refractivity contribution in [3.05, 3.63) is 40.8 Å². The predicted octanol–water partition coefficient (Wildman–Crippen LogP) is 1.28. The summed E-state index contributed by atoms with van der Waals surface area (Å²) in [6.45, 7) is 4.55. The van der Waals surface area contributed by atoms with Crippen LogP contribution >= 0.6 is 0 Å². The molecule has 1 N–H and O–H groups in total. The third-order valence-corrected chi connectivity index (χ3v) is 4.07. The highest BCUT2D eigenvalue weighted by Gasteiger charge is 2.23. The molecule has 3 heterocycles. The predicted molar refractivity (Wildman–Crippen MR) is 84.9 cm³/mol. The Balaban J connectivity index is 1.86. The molecule has 0 unspecified atom stereocenters. The second kappa shape index (κ2) is 5.83. The summed E-state index contributed by atoms with van der Waals surface area (Å²) in [7, 11) is 1.78. The van der Waals surface area contributed by atoms with Gasteiger partial charge in [0, 0.05) is 45.5 Å². The molecule has 7 heteroatoms. The Hall–Kier alpha value is -2.70. The number of pyridine rings is 1. The second-order valence-corrected chi connectivity index (χ2v) is 5.76. The number of aryl methyl sites for hydroxylation is 2. The van der Waals surface area contributed by atoms with Gasteiger partial charge in [-0.05, 0) is 24.5 Å². The summed E-state index contributed by atoms with van der Waals surface area (Å²) < 4.78 is 1.63. The zero-order chi connectivity index (χ0) is 16.6. The minimum Gasteiger partial charge on any atom is -0.338 e. The average Bonchev–Trinajstić information content (AvgIpc) is 2.83. The summed E-state index contributed by atoms with van der Waals surface area (Å²) in [6.07, 6.45) is 3.97. The lowest BCUT2D eigenvalue weighted by atomic mass is 9.96. The molecule has 2 aromatic rings. The van der Waals surface area contributed by atoms with Crippen LogP contribution in [0.25, 0.3) is 0 Å². The van der Waals surface area contributed by atoms with Gasteiger partial charge in [-0.1, -0.05) is 0 Å². The maximum absolute atomic E-state index is 12.6. The van der Waals surface area contributed by atoms with E-state index in [0.717, 1.165) is 16.8 Å². The Labute approximate surface area is 134 Å². The minimum atomic E-state index is -0.200. The molecule has 0 atom stereocenters. The molecule has 2 aromatic heterocycles.